The van der Waals surface area contributed by atoms with Gasteiger partial charge in [-0.2, -0.15) is 4.98 Å². The van der Waals surface area contributed by atoms with Crippen LogP contribution in [0.3, 0.4) is 0 Å². The van der Waals surface area contributed by atoms with Crippen LogP contribution in [0.5, 0.6) is 0 Å². The maximum Gasteiger partial charge on any atom is 0.328 e. The highest BCUT2D eigenvalue weighted by atomic mass is 16.5. The Hall–Kier alpha value is -1.89. The molecule has 0 saturated carbocycles. The molecular formula is C10H15N5O2. The first-order valence-corrected chi connectivity index (χ1v) is 5.51. The van der Waals surface area contributed by atoms with Crippen molar-refractivity contribution >= 4 is 0 Å². The monoisotopic (exact) mass is 237 g/mol. The summed E-state index contributed by atoms with van der Waals surface area (Å²) in [5, 5.41) is 3.74. The van der Waals surface area contributed by atoms with Crippen LogP contribution in [0.1, 0.15) is 25.1 Å². The van der Waals surface area contributed by atoms with Crippen LogP contribution < -0.4 is 11.4 Å². The zero-order valence-electron chi connectivity index (χ0n) is 9.67. The van der Waals surface area contributed by atoms with E-state index in [0.29, 0.717) is 24.8 Å². The Kier molecular flexibility index (Phi) is 3.38. The fourth-order valence-corrected chi connectivity index (χ4v) is 1.57. The van der Waals surface area contributed by atoms with E-state index in [-0.39, 0.29) is 12.2 Å². The van der Waals surface area contributed by atoms with Crippen molar-refractivity contribution in [3.8, 4) is 0 Å². The van der Waals surface area contributed by atoms with Crippen LogP contribution in [-0.2, 0) is 19.6 Å². The lowest BCUT2D eigenvalue weighted by molar-refractivity contribution is 0.373. The van der Waals surface area contributed by atoms with Gasteiger partial charge in [0.25, 0.3) is 0 Å². The highest BCUT2D eigenvalue weighted by Gasteiger charge is 2.08. The van der Waals surface area contributed by atoms with E-state index in [1.165, 1.54) is 0 Å². The molecule has 2 aromatic heterocycles. The van der Waals surface area contributed by atoms with Crippen molar-refractivity contribution < 1.29 is 4.52 Å². The predicted octanol–water partition coefficient (Wildman–Crippen LogP) is -0.0502. The van der Waals surface area contributed by atoms with Crippen LogP contribution in [0.4, 0.5) is 0 Å². The van der Waals surface area contributed by atoms with Gasteiger partial charge < -0.3 is 10.3 Å². The third-order valence-electron chi connectivity index (χ3n) is 2.38. The summed E-state index contributed by atoms with van der Waals surface area (Å²) >= 11 is 0. The minimum absolute atomic E-state index is 0.0639. The van der Waals surface area contributed by atoms with Gasteiger partial charge >= 0.3 is 5.69 Å². The first-order chi connectivity index (χ1) is 8.24. The van der Waals surface area contributed by atoms with Crippen molar-refractivity contribution in [3.63, 3.8) is 0 Å². The van der Waals surface area contributed by atoms with Gasteiger partial charge in [-0.3, -0.25) is 9.13 Å². The van der Waals surface area contributed by atoms with Gasteiger partial charge in [0, 0.05) is 18.9 Å². The normalized spacial score (nSPS) is 10.9. The molecule has 0 aliphatic rings. The summed E-state index contributed by atoms with van der Waals surface area (Å²) in [4.78, 5) is 15.9. The number of nitrogens with two attached hydrogens (primary N) is 1. The highest BCUT2D eigenvalue weighted by molar-refractivity contribution is 4.90. The summed E-state index contributed by atoms with van der Waals surface area (Å²) in [5.41, 5.74) is 5.30. The summed E-state index contributed by atoms with van der Waals surface area (Å²) in [5.74, 6) is 0.836. The topological polar surface area (TPSA) is 91.9 Å². The summed E-state index contributed by atoms with van der Waals surface area (Å²) in [7, 11) is 0. The molecule has 0 atom stereocenters. The van der Waals surface area contributed by atoms with Crippen LogP contribution in [0, 0.1) is 0 Å². The summed E-state index contributed by atoms with van der Waals surface area (Å²) < 4.78 is 8.07. The molecule has 0 spiro atoms. The van der Waals surface area contributed by atoms with Gasteiger partial charge in [-0.05, 0) is 6.42 Å². The lowest BCUT2D eigenvalue weighted by Gasteiger charge is -1.97. The largest absolute Gasteiger partial charge is 0.338 e. The summed E-state index contributed by atoms with van der Waals surface area (Å²) in [6.45, 7) is 3.25. The van der Waals surface area contributed by atoms with Crippen LogP contribution >= 0.6 is 0 Å². The molecule has 0 radical (unpaired) electrons. The minimum Gasteiger partial charge on any atom is -0.338 e. The summed E-state index contributed by atoms with van der Waals surface area (Å²) in [6, 6.07) is 0. The lowest BCUT2D eigenvalue weighted by Crippen LogP contribution is -2.24. The van der Waals surface area contributed by atoms with E-state index in [1.54, 1.807) is 21.5 Å². The molecule has 92 valence electrons. The first-order valence-electron chi connectivity index (χ1n) is 5.51. The van der Waals surface area contributed by atoms with E-state index in [0.717, 1.165) is 6.42 Å². The molecule has 0 amide bonds. The average molecular weight is 237 g/mol. The fraction of sp³-hybridized carbons (Fsp3) is 0.500. The second kappa shape index (κ2) is 4.96. The van der Waals surface area contributed by atoms with Gasteiger partial charge in [0.15, 0.2) is 5.82 Å². The van der Waals surface area contributed by atoms with E-state index in [1.807, 2.05) is 6.92 Å². The van der Waals surface area contributed by atoms with Gasteiger partial charge in [0.1, 0.15) is 0 Å². The van der Waals surface area contributed by atoms with Crippen molar-refractivity contribution in [2.45, 2.75) is 33.0 Å². The van der Waals surface area contributed by atoms with Crippen LogP contribution in [0.25, 0.3) is 0 Å². The van der Waals surface area contributed by atoms with Crippen molar-refractivity contribution in [2.24, 2.45) is 5.73 Å². The molecule has 0 aliphatic carbocycles. The second-order valence-electron chi connectivity index (χ2n) is 3.71. The maximum absolute atomic E-state index is 11.9. The lowest BCUT2D eigenvalue weighted by atomic mass is 10.5. The molecule has 0 fully saturated rings. The molecule has 0 aliphatic heterocycles. The van der Waals surface area contributed by atoms with Crippen molar-refractivity contribution in [1.29, 1.82) is 0 Å². The van der Waals surface area contributed by atoms with Crippen molar-refractivity contribution in [2.75, 3.05) is 0 Å². The van der Waals surface area contributed by atoms with E-state index < -0.39 is 0 Å². The molecule has 0 bridgehead atoms. The van der Waals surface area contributed by atoms with Crippen molar-refractivity contribution in [3.05, 3.63) is 34.6 Å². The number of imidazole rings is 1. The third kappa shape index (κ3) is 2.44. The molecule has 17 heavy (non-hydrogen) atoms. The van der Waals surface area contributed by atoms with Gasteiger partial charge in [0.2, 0.25) is 5.89 Å². The van der Waals surface area contributed by atoms with Crippen LogP contribution in [0.2, 0.25) is 0 Å². The second-order valence-corrected chi connectivity index (χ2v) is 3.71. The van der Waals surface area contributed by atoms with Gasteiger partial charge in [-0.1, -0.05) is 12.1 Å². The molecular weight excluding hydrogens is 222 g/mol. The molecule has 0 aromatic carbocycles. The van der Waals surface area contributed by atoms with Gasteiger partial charge in [-0.25, -0.2) is 4.79 Å². The molecule has 2 aromatic rings. The Morgan fingerprint density at radius 1 is 1.41 bits per heavy atom. The van der Waals surface area contributed by atoms with Crippen LogP contribution in [-0.4, -0.2) is 19.3 Å². The summed E-state index contributed by atoms with van der Waals surface area (Å²) in [6.07, 6.45) is 4.40. The van der Waals surface area contributed by atoms with E-state index in [4.69, 9.17) is 10.3 Å². The highest BCUT2D eigenvalue weighted by Crippen LogP contribution is 1.98. The smallest absolute Gasteiger partial charge is 0.328 e. The van der Waals surface area contributed by atoms with E-state index in [9.17, 15) is 4.79 Å². The molecule has 0 unspecified atom stereocenters. The Morgan fingerprint density at radius 2 is 2.18 bits per heavy atom. The van der Waals surface area contributed by atoms with E-state index >= 15 is 0 Å². The number of aromatic nitrogens is 4. The number of hydrogen-bond acceptors (Lipinski definition) is 5. The molecule has 7 heteroatoms. The first kappa shape index (κ1) is 11.6. The fourth-order valence-electron chi connectivity index (χ4n) is 1.57. The average Bonchev–Trinajstić information content (AvgIpc) is 2.91. The standard InChI is InChI=1S/C10H15N5O2/c1-2-3-14-4-5-15(10(14)16)7-8-12-9(6-11)17-13-8/h4-5H,2-3,6-7,11H2,1H3. The molecule has 2 N–H and O–H groups in total. The molecule has 7 nitrogen and oxygen atoms in total. The number of rotatable bonds is 5. The number of aryl methyl sites for hydroxylation is 1. The Labute approximate surface area is 97.8 Å². The Morgan fingerprint density at radius 3 is 2.82 bits per heavy atom. The van der Waals surface area contributed by atoms with E-state index in [2.05, 4.69) is 10.1 Å². The Balaban J connectivity index is 2.16. The SMILES string of the molecule is CCCn1ccn(Cc2noc(CN)n2)c1=O. The third-order valence-corrected chi connectivity index (χ3v) is 2.38. The predicted molar refractivity (Wildman–Crippen MR) is 60.3 cm³/mol. The molecule has 2 heterocycles. The number of hydrogen-bond donors (Lipinski definition) is 1. The van der Waals surface area contributed by atoms with Gasteiger partial charge in [0.05, 0.1) is 13.1 Å². The van der Waals surface area contributed by atoms with Crippen LogP contribution in [0.15, 0.2) is 21.7 Å². The van der Waals surface area contributed by atoms with Gasteiger partial charge in [-0.15, -0.1) is 0 Å². The molecule has 0 saturated heterocycles. The minimum atomic E-state index is -0.0639. The number of nitrogens with zero attached hydrogens (tertiary/aromatic N) is 4. The zero-order valence-corrected chi connectivity index (χ0v) is 9.67. The molecule has 2 rings (SSSR count). The maximum atomic E-state index is 11.9. The quantitative estimate of drug-likeness (QED) is 0.787. The zero-order chi connectivity index (χ0) is 12.3. The Bertz CT molecular complexity index is 539. The van der Waals surface area contributed by atoms with Crippen molar-refractivity contribution in [1.82, 2.24) is 19.3 Å².